The molecule has 0 aliphatic heterocycles. The summed E-state index contributed by atoms with van der Waals surface area (Å²) < 4.78 is 4.99. The number of hydrogen-bond donors (Lipinski definition) is 1. The van der Waals surface area contributed by atoms with Crippen LogP contribution in [0.15, 0.2) is 60.7 Å². The summed E-state index contributed by atoms with van der Waals surface area (Å²) in [6.45, 7) is 0.399. The number of carbonyl (C=O) groups is 2. The van der Waals surface area contributed by atoms with Crippen molar-refractivity contribution in [1.82, 2.24) is 0 Å². The van der Waals surface area contributed by atoms with Gasteiger partial charge in [0.15, 0.2) is 5.78 Å². The standard InChI is InChI=1S/C20H20O4/c21-14-4-5-15-24-19(22)13-10-16-8-11-18(12-9-16)20(23)17-6-2-1-3-7-17/h1-3,6-13,21H,4-5,14-15H2. The molecule has 0 saturated carbocycles. The first kappa shape index (κ1) is 17.6. The lowest BCUT2D eigenvalue weighted by Gasteiger charge is -2.02. The summed E-state index contributed by atoms with van der Waals surface area (Å²) in [5.74, 6) is -0.452. The molecule has 0 radical (unpaired) electrons. The Morgan fingerprint density at radius 2 is 1.58 bits per heavy atom. The molecule has 2 aromatic rings. The number of unbranched alkanes of at least 4 members (excludes halogenated alkanes) is 1. The van der Waals surface area contributed by atoms with E-state index >= 15 is 0 Å². The van der Waals surface area contributed by atoms with Gasteiger partial charge in [0.1, 0.15) is 0 Å². The molecular formula is C20H20O4. The summed E-state index contributed by atoms with van der Waals surface area (Å²) >= 11 is 0. The highest BCUT2D eigenvalue weighted by molar-refractivity contribution is 6.09. The minimum Gasteiger partial charge on any atom is -0.463 e. The molecule has 0 aliphatic carbocycles. The fraction of sp³-hybridized carbons (Fsp3) is 0.200. The fourth-order valence-corrected chi connectivity index (χ4v) is 2.10. The molecule has 0 saturated heterocycles. The molecule has 0 heterocycles. The number of hydrogen-bond acceptors (Lipinski definition) is 4. The molecule has 0 fully saturated rings. The quantitative estimate of drug-likeness (QED) is 0.350. The number of aliphatic hydroxyl groups excluding tert-OH is 1. The van der Waals surface area contributed by atoms with Crippen molar-refractivity contribution in [3.8, 4) is 0 Å². The highest BCUT2D eigenvalue weighted by Crippen LogP contribution is 2.12. The summed E-state index contributed by atoms with van der Waals surface area (Å²) in [4.78, 5) is 23.8. The normalized spacial score (nSPS) is 10.7. The fourth-order valence-electron chi connectivity index (χ4n) is 2.10. The van der Waals surface area contributed by atoms with Crippen LogP contribution in [0.5, 0.6) is 0 Å². The molecule has 4 nitrogen and oxygen atoms in total. The van der Waals surface area contributed by atoms with Gasteiger partial charge in [0, 0.05) is 23.8 Å². The Morgan fingerprint density at radius 1 is 0.917 bits per heavy atom. The summed E-state index contributed by atoms with van der Waals surface area (Å²) in [6, 6.07) is 16.1. The average Bonchev–Trinajstić information content (AvgIpc) is 2.64. The van der Waals surface area contributed by atoms with Gasteiger partial charge in [0.2, 0.25) is 0 Å². The van der Waals surface area contributed by atoms with Crippen molar-refractivity contribution in [2.24, 2.45) is 0 Å². The average molecular weight is 324 g/mol. The first-order valence-corrected chi connectivity index (χ1v) is 7.86. The van der Waals surface area contributed by atoms with Gasteiger partial charge in [-0.1, -0.05) is 54.6 Å². The SMILES string of the molecule is O=C(C=Cc1ccc(C(=O)c2ccccc2)cc1)OCCCCO. The van der Waals surface area contributed by atoms with Crippen molar-refractivity contribution in [2.45, 2.75) is 12.8 Å². The van der Waals surface area contributed by atoms with E-state index < -0.39 is 5.97 Å². The van der Waals surface area contributed by atoms with E-state index in [0.717, 1.165) is 5.56 Å². The molecule has 0 aliphatic rings. The van der Waals surface area contributed by atoms with Gasteiger partial charge in [-0.05, 0) is 24.5 Å². The van der Waals surface area contributed by atoms with Gasteiger partial charge in [0.25, 0.3) is 0 Å². The summed E-state index contributed by atoms with van der Waals surface area (Å²) in [6.07, 6.45) is 4.26. The Kier molecular flexibility index (Phi) is 6.92. The summed E-state index contributed by atoms with van der Waals surface area (Å²) in [5.41, 5.74) is 2.06. The van der Waals surface area contributed by atoms with E-state index in [0.29, 0.717) is 30.6 Å². The molecule has 2 rings (SSSR count). The van der Waals surface area contributed by atoms with Crippen LogP contribution < -0.4 is 0 Å². The maximum atomic E-state index is 12.3. The van der Waals surface area contributed by atoms with Crippen LogP contribution in [0.3, 0.4) is 0 Å². The molecule has 24 heavy (non-hydrogen) atoms. The van der Waals surface area contributed by atoms with Crippen molar-refractivity contribution in [3.63, 3.8) is 0 Å². The Balaban J connectivity index is 1.91. The van der Waals surface area contributed by atoms with Gasteiger partial charge in [-0.25, -0.2) is 4.79 Å². The Morgan fingerprint density at radius 3 is 2.25 bits per heavy atom. The van der Waals surface area contributed by atoms with Gasteiger partial charge in [0.05, 0.1) is 6.61 Å². The van der Waals surface area contributed by atoms with E-state index in [9.17, 15) is 9.59 Å². The van der Waals surface area contributed by atoms with Crippen molar-refractivity contribution in [1.29, 1.82) is 0 Å². The molecule has 4 heteroatoms. The third-order valence-corrected chi connectivity index (χ3v) is 3.42. The second-order valence-corrected chi connectivity index (χ2v) is 5.25. The lowest BCUT2D eigenvalue weighted by atomic mass is 10.0. The summed E-state index contributed by atoms with van der Waals surface area (Å²) in [5, 5.41) is 8.64. The lowest BCUT2D eigenvalue weighted by Crippen LogP contribution is -2.03. The van der Waals surface area contributed by atoms with Crippen LogP contribution in [0.1, 0.15) is 34.3 Å². The second kappa shape index (κ2) is 9.43. The first-order chi connectivity index (χ1) is 11.7. The zero-order chi connectivity index (χ0) is 17.2. The lowest BCUT2D eigenvalue weighted by molar-refractivity contribution is -0.137. The van der Waals surface area contributed by atoms with Crippen molar-refractivity contribution in [2.75, 3.05) is 13.2 Å². The van der Waals surface area contributed by atoms with E-state index in [1.807, 2.05) is 18.2 Å². The Bertz CT molecular complexity index is 687. The van der Waals surface area contributed by atoms with Crippen LogP contribution in [0.4, 0.5) is 0 Å². The highest BCUT2D eigenvalue weighted by Gasteiger charge is 2.07. The van der Waals surface area contributed by atoms with E-state index in [1.165, 1.54) is 6.08 Å². The number of ketones is 1. The Hall–Kier alpha value is -2.72. The van der Waals surface area contributed by atoms with E-state index in [-0.39, 0.29) is 12.4 Å². The number of carbonyl (C=O) groups excluding carboxylic acids is 2. The predicted octanol–water partition coefficient (Wildman–Crippen LogP) is 3.25. The zero-order valence-corrected chi connectivity index (χ0v) is 13.4. The van der Waals surface area contributed by atoms with Crippen LogP contribution in [-0.2, 0) is 9.53 Å². The van der Waals surface area contributed by atoms with Gasteiger partial charge < -0.3 is 9.84 Å². The van der Waals surface area contributed by atoms with Crippen molar-refractivity contribution < 1.29 is 19.4 Å². The van der Waals surface area contributed by atoms with Gasteiger partial charge in [-0.3, -0.25) is 4.79 Å². The van der Waals surface area contributed by atoms with E-state index in [1.54, 1.807) is 42.5 Å². The van der Waals surface area contributed by atoms with E-state index in [4.69, 9.17) is 9.84 Å². The smallest absolute Gasteiger partial charge is 0.330 e. The number of ether oxygens (including phenoxy) is 1. The molecule has 124 valence electrons. The molecule has 0 unspecified atom stereocenters. The maximum Gasteiger partial charge on any atom is 0.330 e. The minimum absolute atomic E-state index is 0.0329. The minimum atomic E-state index is -0.419. The van der Waals surface area contributed by atoms with Gasteiger partial charge in [-0.2, -0.15) is 0 Å². The molecule has 0 bridgehead atoms. The molecular weight excluding hydrogens is 304 g/mol. The van der Waals surface area contributed by atoms with Crippen molar-refractivity contribution in [3.05, 3.63) is 77.4 Å². The molecule has 2 aromatic carbocycles. The monoisotopic (exact) mass is 324 g/mol. The molecule has 0 aromatic heterocycles. The third kappa shape index (κ3) is 5.48. The maximum absolute atomic E-state index is 12.3. The van der Waals surface area contributed by atoms with Crippen LogP contribution in [0.25, 0.3) is 6.08 Å². The third-order valence-electron chi connectivity index (χ3n) is 3.42. The molecule has 0 spiro atoms. The molecule has 1 N–H and O–H groups in total. The number of esters is 1. The van der Waals surface area contributed by atoms with Gasteiger partial charge in [-0.15, -0.1) is 0 Å². The van der Waals surface area contributed by atoms with Crippen LogP contribution >= 0.6 is 0 Å². The number of rotatable bonds is 8. The van der Waals surface area contributed by atoms with Crippen molar-refractivity contribution >= 4 is 17.8 Å². The number of aliphatic hydroxyl groups is 1. The first-order valence-electron chi connectivity index (χ1n) is 7.86. The summed E-state index contributed by atoms with van der Waals surface area (Å²) in [7, 11) is 0. The molecule has 0 amide bonds. The predicted molar refractivity (Wildman–Crippen MR) is 92.6 cm³/mol. The Labute approximate surface area is 141 Å². The van der Waals surface area contributed by atoms with E-state index in [2.05, 4.69) is 0 Å². The van der Waals surface area contributed by atoms with Crippen LogP contribution in [0, 0.1) is 0 Å². The van der Waals surface area contributed by atoms with Crippen LogP contribution in [-0.4, -0.2) is 30.1 Å². The largest absolute Gasteiger partial charge is 0.463 e. The molecule has 0 atom stereocenters. The zero-order valence-electron chi connectivity index (χ0n) is 13.4. The second-order valence-electron chi connectivity index (χ2n) is 5.25. The van der Waals surface area contributed by atoms with Gasteiger partial charge >= 0.3 is 5.97 Å². The van der Waals surface area contributed by atoms with Crippen LogP contribution in [0.2, 0.25) is 0 Å². The topological polar surface area (TPSA) is 63.6 Å². The highest BCUT2D eigenvalue weighted by atomic mass is 16.5. The number of benzene rings is 2.